The largest absolute Gasteiger partial charge is 0.321 e. The second-order valence-corrected chi connectivity index (χ2v) is 3.39. The second-order valence-electron chi connectivity index (χ2n) is 3.39. The van der Waals surface area contributed by atoms with E-state index in [1.165, 1.54) is 12.8 Å². The van der Waals surface area contributed by atoms with Crippen molar-refractivity contribution in [1.29, 1.82) is 0 Å². The number of rotatable bonds is 3. The van der Waals surface area contributed by atoms with E-state index in [0.717, 1.165) is 18.2 Å². The quantitative estimate of drug-likeness (QED) is 0.730. The zero-order valence-electron chi connectivity index (χ0n) is 6.98. The van der Waals surface area contributed by atoms with E-state index >= 15 is 0 Å². The topological polar surface area (TPSA) is 51.8 Å². The van der Waals surface area contributed by atoms with Gasteiger partial charge in [0.2, 0.25) is 0 Å². The summed E-state index contributed by atoms with van der Waals surface area (Å²) in [4.78, 5) is 8.25. The van der Waals surface area contributed by atoms with Crippen LogP contribution in [0.1, 0.15) is 31.1 Å². The maximum absolute atomic E-state index is 5.91. The van der Waals surface area contributed by atoms with Gasteiger partial charge >= 0.3 is 0 Å². The molecule has 2 rings (SSSR count). The third kappa shape index (κ3) is 1.80. The van der Waals surface area contributed by atoms with Gasteiger partial charge in [-0.2, -0.15) is 0 Å². The zero-order chi connectivity index (χ0) is 8.39. The predicted octanol–water partition coefficient (Wildman–Crippen LogP) is 1.28. The lowest BCUT2D eigenvalue weighted by molar-refractivity contribution is 0.567. The Labute approximate surface area is 72.0 Å². The fourth-order valence-electron chi connectivity index (χ4n) is 1.32. The molecule has 1 aromatic heterocycles. The van der Waals surface area contributed by atoms with Crippen molar-refractivity contribution in [3.8, 4) is 0 Å². The minimum absolute atomic E-state index is 0.0405. The van der Waals surface area contributed by atoms with E-state index in [9.17, 15) is 0 Å². The third-order valence-electron chi connectivity index (χ3n) is 2.20. The minimum Gasteiger partial charge on any atom is -0.321 e. The first-order chi connectivity index (χ1) is 5.86. The summed E-state index contributed by atoms with van der Waals surface area (Å²) in [7, 11) is 0. The SMILES string of the molecule is N[C@@H](CC1CC1)c1ncccn1. The fourth-order valence-corrected chi connectivity index (χ4v) is 1.32. The lowest BCUT2D eigenvalue weighted by atomic mass is 10.1. The van der Waals surface area contributed by atoms with Crippen molar-refractivity contribution in [2.75, 3.05) is 0 Å². The van der Waals surface area contributed by atoms with Gasteiger partial charge in [0.1, 0.15) is 5.82 Å². The van der Waals surface area contributed by atoms with Crippen molar-refractivity contribution in [2.24, 2.45) is 11.7 Å². The van der Waals surface area contributed by atoms with E-state index in [2.05, 4.69) is 9.97 Å². The first-order valence-electron chi connectivity index (χ1n) is 4.39. The molecule has 0 aromatic carbocycles. The van der Waals surface area contributed by atoms with Crippen molar-refractivity contribution < 1.29 is 0 Å². The third-order valence-corrected chi connectivity index (χ3v) is 2.20. The minimum atomic E-state index is 0.0405. The Morgan fingerprint density at radius 1 is 1.42 bits per heavy atom. The Bertz CT molecular complexity index is 243. The summed E-state index contributed by atoms with van der Waals surface area (Å²) < 4.78 is 0. The van der Waals surface area contributed by atoms with Crippen LogP contribution in [0.5, 0.6) is 0 Å². The van der Waals surface area contributed by atoms with Crippen LogP contribution >= 0.6 is 0 Å². The smallest absolute Gasteiger partial charge is 0.144 e. The van der Waals surface area contributed by atoms with Crippen molar-refractivity contribution in [3.05, 3.63) is 24.3 Å². The van der Waals surface area contributed by atoms with Gasteiger partial charge in [0, 0.05) is 12.4 Å². The Morgan fingerprint density at radius 2 is 2.08 bits per heavy atom. The van der Waals surface area contributed by atoms with E-state index in [-0.39, 0.29) is 6.04 Å². The summed E-state index contributed by atoms with van der Waals surface area (Å²) in [5, 5.41) is 0. The Hall–Kier alpha value is -0.960. The van der Waals surface area contributed by atoms with E-state index in [1.54, 1.807) is 12.4 Å². The standard InChI is InChI=1S/C9H13N3/c10-8(6-7-2-3-7)9-11-4-1-5-12-9/h1,4-5,7-8H,2-3,6,10H2/t8-/m0/s1. The molecule has 1 aromatic rings. The van der Waals surface area contributed by atoms with Gasteiger partial charge in [-0.25, -0.2) is 9.97 Å². The van der Waals surface area contributed by atoms with Crippen LogP contribution in [0.3, 0.4) is 0 Å². The van der Waals surface area contributed by atoms with E-state index in [1.807, 2.05) is 6.07 Å². The Balaban J connectivity index is 1.98. The lowest BCUT2D eigenvalue weighted by Crippen LogP contribution is -2.14. The van der Waals surface area contributed by atoms with Gasteiger partial charge in [0.15, 0.2) is 0 Å². The molecule has 1 aliphatic rings. The predicted molar refractivity (Wildman–Crippen MR) is 46.3 cm³/mol. The average molecular weight is 163 g/mol. The van der Waals surface area contributed by atoms with Gasteiger partial charge in [-0.3, -0.25) is 0 Å². The summed E-state index contributed by atoms with van der Waals surface area (Å²) in [5.74, 6) is 1.62. The summed E-state index contributed by atoms with van der Waals surface area (Å²) in [6.45, 7) is 0. The van der Waals surface area contributed by atoms with Crippen LogP contribution in [0.4, 0.5) is 0 Å². The monoisotopic (exact) mass is 163 g/mol. The molecule has 12 heavy (non-hydrogen) atoms. The molecule has 2 N–H and O–H groups in total. The molecule has 0 aliphatic heterocycles. The number of nitrogens with zero attached hydrogens (tertiary/aromatic N) is 2. The molecule has 1 saturated carbocycles. The molecular weight excluding hydrogens is 150 g/mol. The fraction of sp³-hybridized carbons (Fsp3) is 0.556. The summed E-state index contributed by atoms with van der Waals surface area (Å²) >= 11 is 0. The molecule has 3 nitrogen and oxygen atoms in total. The van der Waals surface area contributed by atoms with E-state index < -0.39 is 0 Å². The first kappa shape index (κ1) is 7.68. The highest BCUT2D eigenvalue weighted by molar-refractivity contribution is 4.96. The maximum Gasteiger partial charge on any atom is 0.144 e. The highest BCUT2D eigenvalue weighted by Crippen LogP contribution is 2.35. The van der Waals surface area contributed by atoms with Crippen molar-refractivity contribution in [3.63, 3.8) is 0 Å². The van der Waals surface area contributed by atoms with Gasteiger partial charge in [0.05, 0.1) is 6.04 Å². The van der Waals surface area contributed by atoms with Crippen LogP contribution in [0.15, 0.2) is 18.5 Å². The molecule has 0 unspecified atom stereocenters. The molecule has 3 heteroatoms. The van der Waals surface area contributed by atoms with E-state index in [4.69, 9.17) is 5.73 Å². The molecule has 1 heterocycles. The molecule has 0 bridgehead atoms. The van der Waals surface area contributed by atoms with Crippen LogP contribution < -0.4 is 5.73 Å². The molecule has 64 valence electrons. The van der Waals surface area contributed by atoms with Crippen LogP contribution in [-0.4, -0.2) is 9.97 Å². The van der Waals surface area contributed by atoms with Gasteiger partial charge in [-0.1, -0.05) is 12.8 Å². The molecule has 0 radical (unpaired) electrons. The maximum atomic E-state index is 5.91. The van der Waals surface area contributed by atoms with Gasteiger partial charge in [-0.05, 0) is 18.4 Å². The summed E-state index contributed by atoms with van der Waals surface area (Å²) in [5.41, 5.74) is 5.91. The van der Waals surface area contributed by atoms with Crippen LogP contribution in [0, 0.1) is 5.92 Å². The summed E-state index contributed by atoms with van der Waals surface area (Å²) in [6, 6.07) is 1.85. The molecule has 1 fully saturated rings. The van der Waals surface area contributed by atoms with Crippen LogP contribution in [0.2, 0.25) is 0 Å². The van der Waals surface area contributed by atoms with Crippen LogP contribution in [0.25, 0.3) is 0 Å². The van der Waals surface area contributed by atoms with Crippen LogP contribution in [-0.2, 0) is 0 Å². The van der Waals surface area contributed by atoms with Gasteiger partial charge in [-0.15, -0.1) is 0 Å². The number of hydrogen-bond acceptors (Lipinski definition) is 3. The van der Waals surface area contributed by atoms with Crippen molar-refractivity contribution in [2.45, 2.75) is 25.3 Å². The molecule has 0 saturated heterocycles. The molecule has 0 amide bonds. The van der Waals surface area contributed by atoms with Crippen molar-refractivity contribution in [1.82, 2.24) is 9.97 Å². The van der Waals surface area contributed by atoms with Crippen molar-refractivity contribution >= 4 is 0 Å². The second kappa shape index (κ2) is 3.19. The average Bonchev–Trinajstić information content (AvgIpc) is 2.90. The number of nitrogens with two attached hydrogens (primary N) is 1. The molecular formula is C9H13N3. The Kier molecular flexibility index (Phi) is 2.04. The Morgan fingerprint density at radius 3 is 2.67 bits per heavy atom. The lowest BCUT2D eigenvalue weighted by Gasteiger charge is -2.07. The summed E-state index contributed by atoms with van der Waals surface area (Å²) in [6.07, 6.45) is 7.20. The highest BCUT2D eigenvalue weighted by Gasteiger charge is 2.25. The molecule has 0 spiro atoms. The molecule has 1 aliphatic carbocycles. The van der Waals surface area contributed by atoms with Gasteiger partial charge in [0.25, 0.3) is 0 Å². The van der Waals surface area contributed by atoms with Gasteiger partial charge < -0.3 is 5.73 Å². The highest BCUT2D eigenvalue weighted by atomic mass is 14.9. The number of hydrogen-bond donors (Lipinski definition) is 1. The normalized spacial score (nSPS) is 19.1. The number of aromatic nitrogens is 2. The first-order valence-corrected chi connectivity index (χ1v) is 4.39. The zero-order valence-corrected chi connectivity index (χ0v) is 6.98. The van der Waals surface area contributed by atoms with E-state index in [0.29, 0.717) is 0 Å². The molecule has 1 atom stereocenters.